The zero-order chi connectivity index (χ0) is 13.1. The van der Waals surface area contributed by atoms with Crippen LogP contribution in [0.1, 0.15) is 25.0 Å². The number of esters is 1. The number of benzene rings is 1. The van der Waals surface area contributed by atoms with Gasteiger partial charge in [0.15, 0.2) is 0 Å². The summed E-state index contributed by atoms with van der Waals surface area (Å²) in [5.41, 5.74) is 2.60. The summed E-state index contributed by atoms with van der Waals surface area (Å²) in [5, 5.41) is 0. The summed E-state index contributed by atoms with van der Waals surface area (Å²) in [5.74, 6) is -0.221. The molecule has 3 heteroatoms. The second kappa shape index (κ2) is 5.67. The lowest BCUT2D eigenvalue weighted by Crippen LogP contribution is -2.27. The molecule has 1 rings (SSSR count). The molecule has 0 atom stereocenters. The molecule has 0 radical (unpaired) electrons. The number of hydrogen-bond acceptors (Lipinski definition) is 2. The summed E-state index contributed by atoms with van der Waals surface area (Å²) in [6, 6.07) is 8.15. The summed E-state index contributed by atoms with van der Waals surface area (Å²) in [7, 11) is 1.42. The SMILES string of the molecule is COC(=O)C(C)(C)/C(=C/I)c1ccc(C)cc1. The zero-order valence-corrected chi connectivity index (χ0v) is 12.7. The summed E-state index contributed by atoms with van der Waals surface area (Å²) >= 11 is 2.17. The van der Waals surface area contributed by atoms with E-state index in [1.54, 1.807) is 0 Å². The quantitative estimate of drug-likeness (QED) is 0.613. The molecule has 0 spiro atoms. The predicted molar refractivity (Wildman–Crippen MR) is 79.0 cm³/mol. The van der Waals surface area contributed by atoms with Crippen molar-refractivity contribution in [1.82, 2.24) is 0 Å². The molecule has 1 aromatic rings. The highest BCUT2D eigenvalue weighted by atomic mass is 127. The van der Waals surface area contributed by atoms with E-state index in [2.05, 4.69) is 22.6 Å². The minimum absolute atomic E-state index is 0.221. The molecule has 92 valence electrons. The molecule has 0 heterocycles. The first-order chi connectivity index (χ1) is 7.93. The van der Waals surface area contributed by atoms with Crippen molar-refractivity contribution in [2.75, 3.05) is 7.11 Å². The average molecular weight is 344 g/mol. The maximum Gasteiger partial charge on any atom is 0.315 e. The van der Waals surface area contributed by atoms with Gasteiger partial charge in [-0.05, 0) is 36.0 Å². The van der Waals surface area contributed by atoms with Gasteiger partial charge in [-0.25, -0.2) is 0 Å². The Hall–Kier alpha value is -0.840. The third-order valence-electron chi connectivity index (χ3n) is 2.84. The first-order valence-corrected chi connectivity index (χ1v) is 6.64. The van der Waals surface area contributed by atoms with Crippen molar-refractivity contribution in [2.45, 2.75) is 20.8 Å². The van der Waals surface area contributed by atoms with Crippen molar-refractivity contribution in [3.05, 3.63) is 39.5 Å². The zero-order valence-electron chi connectivity index (χ0n) is 10.6. The fourth-order valence-electron chi connectivity index (χ4n) is 1.66. The molecule has 0 bridgehead atoms. The molecule has 0 saturated heterocycles. The topological polar surface area (TPSA) is 26.3 Å². The van der Waals surface area contributed by atoms with Crippen molar-refractivity contribution in [3.8, 4) is 0 Å². The lowest BCUT2D eigenvalue weighted by atomic mass is 9.81. The van der Waals surface area contributed by atoms with E-state index in [1.807, 2.05) is 49.1 Å². The van der Waals surface area contributed by atoms with Crippen LogP contribution in [-0.4, -0.2) is 13.1 Å². The predicted octanol–water partition coefficient (Wildman–Crippen LogP) is 3.97. The fourth-order valence-corrected chi connectivity index (χ4v) is 2.80. The standard InChI is InChI=1S/C14H17IO2/c1-10-5-7-11(8-6-10)12(9-15)14(2,3)13(16)17-4/h5-9H,1-4H3/b12-9+. The van der Waals surface area contributed by atoms with Crippen LogP contribution in [0.15, 0.2) is 28.3 Å². The Balaban J connectivity index is 3.17. The third-order valence-corrected chi connectivity index (χ3v) is 3.46. The van der Waals surface area contributed by atoms with Gasteiger partial charge in [-0.1, -0.05) is 52.4 Å². The van der Waals surface area contributed by atoms with Gasteiger partial charge in [0.1, 0.15) is 0 Å². The Labute approximate surface area is 116 Å². The van der Waals surface area contributed by atoms with Crippen molar-refractivity contribution in [2.24, 2.45) is 5.41 Å². The summed E-state index contributed by atoms with van der Waals surface area (Å²) < 4.78 is 6.80. The largest absolute Gasteiger partial charge is 0.468 e. The van der Waals surface area contributed by atoms with E-state index in [1.165, 1.54) is 12.7 Å². The van der Waals surface area contributed by atoms with Crippen molar-refractivity contribution < 1.29 is 9.53 Å². The number of ether oxygens (including phenoxy) is 1. The molecular weight excluding hydrogens is 327 g/mol. The smallest absolute Gasteiger partial charge is 0.315 e. The van der Waals surface area contributed by atoms with Crippen LogP contribution in [0.25, 0.3) is 5.57 Å². The van der Waals surface area contributed by atoms with Gasteiger partial charge in [-0.2, -0.15) is 0 Å². The maximum atomic E-state index is 11.8. The van der Waals surface area contributed by atoms with Crippen molar-refractivity contribution >= 4 is 34.1 Å². The van der Waals surface area contributed by atoms with Gasteiger partial charge >= 0.3 is 5.97 Å². The molecule has 17 heavy (non-hydrogen) atoms. The highest BCUT2D eigenvalue weighted by Gasteiger charge is 2.33. The van der Waals surface area contributed by atoms with Gasteiger partial charge in [-0.15, -0.1) is 0 Å². The molecule has 0 N–H and O–H groups in total. The highest BCUT2D eigenvalue weighted by Crippen LogP contribution is 2.36. The first-order valence-electron chi connectivity index (χ1n) is 5.39. The molecular formula is C14H17IO2. The molecule has 0 saturated carbocycles. The summed E-state index contributed by atoms with van der Waals surface area (Å²) in [4.78, 5) is 11.8. The van der Waals surface area contributed by atoms with Gasteiger partial charge in [0, 0.05) is 0 Å². The van der Waals surface area contributed by atoms with Gasteiger partial charge in [0.05, 0.1) is 12.5 Å². The molecule has 1 aromatic carbocycles. The van der Waals surface area contributed by atoms with Crippen LogP contribution < -0.4 is 0 Å². The Morgan fingerprint density at radius 3 is 2.24 bits per heavy atom. The normalized spacial score (nSPS) is 12.4. The van der Waals surface area contributed by atoms with Crippen molar-refractivity contribution in [1.29, 1.82) is 0 Å². The number of carbonyl (C=O) groups is 1. The fraction of sp³-hybridized carbons (Fsp3) is 0.357. The maximum absolute atomic E-state index is 11.8. The minimum atomic E-state index is -0.634. The van der Waals surface area contributed by atoms with Gasteiger partial charge in [0.2, 0.25) is 0 Å². The molecule has 2 nitrogen and oxygen atoms in total. The van der Waals surface area contributed by atoms with E-state index in [0.29, 0.717) is 0 Å². The number of halogens is 1. The van der Waals surface area contributed by atoms with Crippen LogP contribution >= 0.6 is 22.6 Å². The summed E-state index contributed by atoms with van der Waals surface area (Å²) in [6.07, 6.45) is 0. The lowest BCUT2D eigenvalue weighted by molar-refractivity contribution is -0.147. The third kappa shape index (κ3) is 3.09. The van der Waals surface area contributed by atoms with Crippen LogP contribution in [0.5, 0.6) is 0 Å². The van der Waals surface area contributed by atoms with Crippen molar-refractivity contribution in [3.63, 3.8) is 0 Å². The van der Waals surface area contributed by atoms with E-state index in [-0.39, 0.29) is 5.97 Å². The number of rotatable bonds is 3. The molecule has 0 amide bonds. The van der Waals surface area contributed by atoms with Crippen LogP contribution in [0.3, 0.4) is 0 Å². The van der Waals surface area contributed by atoms with Crippen LogP contribution in [0.4, 0.5) is 0 Å². The monoisotopic (exact) mass is 344 g/mol. The molecule has 0 aliphatic rings. The lowest BCUT2D eigenvalue weighted by Gasteiger charge is -2.25. The first kappa shape index (κ1) is 14.2. The second-order valence-electron chi connectivity index (χ2n) is 4.51. The van der Waals surface area contributed by atoms with Gasteiger partial charge in [0.25, 0.3) is 0 Å². The van der Waals surface area contributed by atoms with E-state index in [0.717, 1.165) is 11.1 Å². The number of methoxy groups -OCH3 is 1. The highest BCUT2D eigenvalue weighted by molar-refractivity contribution is 14.1. The summed E-state index contributed by atoms with van der Waals surface area (Å²) in [6.45, 7) is 5.80. The van der Waals surface area contributed by atoms with Crippen LogP contribution in [0.2, 0.25) is 0 Å². The number of carbonyl (C=O) groups excluding carboxylic acids is 1. The van der Waals surface area contributed by atoms with Gasteiger partial charge in [-0.3, -0.25) is 4.79 Å². The molecule has 0 aromatic heterocycles. The average Bonchev–Trinajstić information content (AvgIpc) is 2.31. The van der Waals surface area contributed by atoms with E-state index in [9.17, 15) is 4.79 Å². The molecule has 0 aliphatic carbocycles. The van der Waals surface area contributed by atoms with E-state index >= 15 is 0 Å². The molecule has 0 fully saturated rings. The molecule has 0 aliphatic heterocycles. The Kier molecular flexibility index (Phi) is 4.74. The van der Waals surface area contributed by atoms with E-state index < -0.39 is 5.41 Å². The van der Waals surface area contributed by atoms with Crippen LogP contribution in [-0.2, 0) is 9.53 Å². The van der Waals surface area contributed by atoms with E-state index in [4.69, 9.17) is 4.74 Å². The van der Waals surface area contributed by atoms with Gasteiger partial charge < -0.3 is 4.74 Å². The van der Waals surface area contributed by atoms with Crippen LogP contribution in [0, 0.1) is 12.3 Å². The Morgan fingerprint density at radius 1 is 1.29 bits per heavy atom. The second-order valence-corrected chi connectivity index (χ2v) is 5.13. The Bertz CT molecular complexity index is 430. The minimum Gasteiger partial charge on any atom is -0.468 e. The Morgan fingerprint density at radius 2 is 1.82 bits per heavy atom. The molecule has 0 unspecified atom stereocenters. The number of hydrogen-bond donors (Lipinski definition) is 0. The number of aryl methyl sites for hydroxylation is 1.